The van der Waals surface area contributed by atoms with Crippen LogP contribution in [0.25, 0.3) is 11.3 Å². The van der Waals surface area contributed by atoms with Crippen molar-refractivity contribution in [1.29, 1.82) is 0 Å². The van der Waals surface area contributed by atoms with Gasteiger partial charge < -0.3 is 0 Å². The van der Waals surface area contributed by atoms with Gasteiger partial charge >= 0.3 is 0 Å². The molecule has 0 atom stereocenters. The summed E-state index contributed by atoms with van der Waals surface area (Å²) in [5.41, 5.74) is 1.15. The first-order valence-corrected chi connectivity index (χ1v) is 6.92. The molecule has 2 aromatic rings. The molecule has 0 saturated heterocycles. The van der Waals surface area contributed by atoms with Crippen LogP contribution in [0, 0.1) is 0 Å². The molecule has 0 spiro atoms. The molecule has 2 rings (SSSR count). The Balaban J connectivity index is 0.00000242. The van der Waals surface area contributed by atoms with Gasteiger partial charge in [0, 0.05) is 10.6 Å². The largest absolute Gasteiger partial charge is 0.295 e. The van der Waals surface area contributed by atoms with Crippen LogP contribution in [0.15, 0.2) is 30.5 Å². The minimum atomic E-state index is -2.21. The predicted octanol–water partition coefficient (Wildman–Crippen LogP) is 3.19. The maximum absolute atomic E-state index is 11.7. The van der Waals surface area contributed by atoms with Crippen LogP contribution in [0.4, 0.5) is 5.95 Å². The highest BCUT2D eigenvalue weighted by molar-refractivity contribution is 6.76. The Bertz CT molecular complexity index is 661. The molecule has 0 aliphatic heterocycles. The topological polar surface area (TPSA) is 85.0 Å². The quantitative estimate of drug-likeness (QED) is 0.360. The molecule has 0 unspecified atom stereocenters. The molecule has 0 saturated carbocycles. The van der Waals surface area contributed by atoms with Gasteiger partial charge in [0.2, 0.25) is 0 Å². The highest BCUT2D eigenvalue weighted by Crippen LogP contribution is 2.29. The number of benzene rings is 1. The number of hydrogen-bond acceptors (Lipinski definition) is 5. The van der Waals surface area contributed by atoms with Gasteiger partial charge in [-0.2, -0.15) is 5.10 Å². The van der Waals surface area contributed by atoms with Gasteiger partial charge in [-0.1, -0.05) is 58.5 Å². The van der Waals surface area contributed by atoms with Gasteiger partial charge in [0.25, 0.3) is 15.6 Å². The Kier molecular flexibility index (Phi) is 6.61. The standard InChI is InChI=1S/C11H7Cl4N5O.ClH/c12-7-3-1-6(2-4-7)8-5-17-19-10(18-8)20(16)9(21)11(13,14)15;/h1-5H,16H2;1H. The molecular formula is C11H8Cl5N5O. The lowest BCUT2D eigenvalue weighted by Crippen LogP contribution is -2.45. The lowest BCUT2D eigenvalue weighted by atomic mass is 10.2. The van der Waals surface area contributed by atoms with E-state index < -0.39 is 9.70 Å². The average molecular weight is 403 g/mol. The van der Waals surface area contributed by atoms with Crippen molar-refractivity contribution in [2.45, 2.75) is 3.79 Å². The van der Waals surface area contributed by atoms with E-state index in [1.54, 1.807) is 24.3 Å². The third-order valence-corrected chi connectivity index (χ3v) is 3.10. The Hall–Kier alpha value is -0.890. The number of amides is 1. The SMILES string of the molecule is Cl.NN(C(=O)C(Cl)(Cl)Cl)c1nncc(-c2ccc(Cl)cc2)n1. The summed E-state index contributed by atoms with van der Waals surface area (Å²) in [6.07, 6.45) is 1.40. The molecule has 0 fully saturated rings. The van der Waals surface area contributed by atoms with E-state index in [4.69, 9.17) is 52.2 Å². The highest BCUT2D eigenvalue weighted by Gasteiger charge is 2.36. The number of aromatic nitrogens is 3. The lowest BCUT2D eigenvalue weighted by Gasteiger charge is -2.18. The molecule has 0 aliphatic rings. The molecule has 0 radical (unpaired) electrons. The van der Waals surface area contributed by atoms with E-state index in [-0.39, 0.29) is 18.4 Å². The first-order valence-electron chi connectivity index (χ1n) is 5.40. The van der Waals surface area contributed by atoms with Crippen LogP contribution >= 0.6 is 58.8 Å². The van der Waals surface area contributed by atoms with Crippen molar-refractivity contribution in [2.24, 2.45) is 5.84 Å². The molecule has 118 valence electrons. The van der Waals surface area contributed by atoms with Crippen molar-refractivity contribution in [3.63, 3.8) is 0 Å². The number of carbonyl (C=O) groups is 1. The second-order valence-corrected chi connectivity index (χ2v) is 6.54. The maximum atomic E-state index is 11.7. The second kappa shape index (κ2) is 7.59. The van der Waals surface area contributed by atoms with Crippen LogP contribution in [0.3, 0.4) is 0 Å². The molecule has 0 aliphatic carbocycles. The van der Waals surface area contributed by atoms with E-state index in [2.05, 4.69) is 15.2 Å². The van der Waals surface area contributed by atoms with Gasteiger partial charge in [-0.3, -0.25) is 4.79 Å². The smallest absolute Gasteiger partial charge is 0.268 e. The molecule has 1 aromatic heterocycles. The fraction of sp³-hybridized carbons (Fsp3) is 0.0909. The average Bonchev–Trinajstić information content (AvgIpc) is 2.45. The molecule has 6 nitrogen and oxygen atoms in total. The van der Waals surface area contributed by atoms with Crippen molar-refractivity contribution < 1.29 is 4.79 Å². The predicted molar refractivity (Wildman–Crippen MR) is 89.5 cm³/mol. The van der Waals surface area contributed by atoms with E-state index in [0.29, 0.717) is 21.3 Å². The zero-order valence-corrected chi connectivity index (χ0v) is 14.4. The number of halogens is 5. The molecule has 22 heavy (non-hydrogen) atoms. The fourth-order valence-corrected chi connectivity index (χ4v) is 1.78. The minimum absolute atomic E-state index is 0. The highest BCUT2D eigenvalue weighted by atomic mass is 35.6. The van der Waals surface area contributed by atoms with Crippen LogP contribution in [0.1, 0.15) is 0 Å². The van der Waals surface area contributed by atoms with E-state index in [0.717, 1.165) is 0 Å². The Morgan fingerprint density at radius 2 is 1.77 bits per heavy atom. The van der Waals surface area contributed by atoms with Gasteiger partial charge in [0.05, 0.1) is 11.9 Å². The number of rotatable bonds is 2. The molecule has 0 bridgehead atoms. The number of anilines is 1. The summed E-state index contributed by atoms with van der Waals surface area (Å²) in [7, 11) is 0. The third-order valence-electron chi connectivity index (χ3n) is 2.36. The van der Waals surface area contributed by atoms with Crippen LogP contribution in [0.2, 0.25) is 5.02 Å². The summed E-state index contributed by atoms with van der Waals surface area (Å²) >= 11 is 22.2. The zero-order chi connectivity index (χ0) is 15.6. The number of nitrogens with two attached hydrogens (primary N) is 1. The zero-order valence-electron chi connectivity index (χ0n) is 10.6. The number of nitrogens with zero attached hydrogens (tertiary/aromatic N) is 4. The van der Waals surface area contributed by atoms with Crippen molar-refractivity contribution >= 4 is 70.7 Å². The monoisotopic (exact) mass is 401 g/mol. The Labute approximate surface area is 151 Å². The van der Waals surface area contributed by atoms with Crippen molar-refractivity contribution in [3.8, 4) is 11.3 Å². The van der Waals surface area contributed by atoms with E-state index in [1.807, 2.05) is 0 Å². The van der Waals surface area contributed by atoms with Gasteiger partial charge in [0.15, 0.2) is 0 Å². The van der Waals surface area contributed by atoms with Crippen molar-refractivity contribution in [1.82, 2.24) is 15.2 Å². The summed E-state index contributed by atoms with van der Waals surface area (Å²) in [5, 5.41) is 8.46. The minimum Gasteiger partial charge on any atom is -0.268 e. The molecule has 1 heterocycles. The van der Waals surface area contributed by atoms with Crippen LogP contribution in [-0.4, -0.2) is 24.9 Å². The first kappa shape index (κ1) is 19.2. The van der Waals surface area contributed by atoms with Crippen LogP contribution in [-0.2, 0) is 4.79 Å². The molecule has 11 heteroatoms. The maximum Gasteiger partial charge on any atom is 0.295 e. The Morgan fingerprint density at radius 1 is 1.18 bits per heavy atom. The van der Waals surface area contributed by atoms with E-state index in [9.17, 15) is 4.79 Å². The van der Waals surface area contributed by atoms with Gasteiger partial charge in [-0.05, 0) is 12.1 Å². The van der Waals surface area contributed by atoms with Crippen molar-refractivity contribution in [3.05, 3.63) is 35.5 Å². The van der Waals surface area contributed by atoms with E-state index in [1.165, 1.54) is 6.20 Å². The molecule has 1 aromatic carbocycles. The lowest BCUT2D eigenvalue weighted by molar-refractivity contribution is -0.117. The van der Waals surface area contributed by atoms with Crippen LogP contribution in [0.5, 0.6) is 0 Å². The molecule has 2 N–H and O–H groups in total. The Morgan fingerprint density at radius 3 is 2.32 bits per heavy atom. The molecular weight excluding hydrogens is 395 g/mol. The number of hydrazine groups is 1. The summed E-state index contributed by atoms with van der Waals surface area (Å²) in [4.78, 5) is 15.8. The second-order valence-electron chi connectivity index (χ2n) is 3.82. The summed E-state index contributed by atoms with van der Waals surface area (Å²) in [5.74, 6) is 4.35. The van der Waals surface area contributed by atoms with Gasteiger partial charge in [0.1, 0.15) is 0 Å². The first-order chi connectivity index (χ1) is 9.79. The summed E-state index contributed by atoms with van der Waals surface area (Å²) < 4.78 is -2.21. The van der Waals surface area contributed by atoms with E-state index >= 15 is 0 Å². The van der Waals surface area contributed by atoms with Crippen LogP contribution < -0.4 is 10.9 Å². The van der Waals surface area contributed by atoms with Crippen molar-refractivity contribution in [2.75, 3.05) is 5.01 Å². The number of hydrogen-bond donors (Lipinski definition) is 1. The fourth-order valence-electron chi connectivity index (χ4n) is 1.38. The summed E-state index contributed by atoms with van der Waals surface area (Å²) in [6, 6.07) is 6.83. The number of alkyl halides is 3. The number of carbonyl (C=O) groups excluding carboxylic acids is 1. The third kappa shape index (κ3) is 4.55. The van der Waals surface area contributed by atoms with Gasteiger partial charge in [-0.15, -0.1) is 17.5 Å². The van der Waals surface area contributed by atoms with Gasteiger partial charge in [-0.25, -0.2) is 15.8 Å². The molecule has 1 amide bonds. The summed E-state index contributed by atoms with van der Waals surface area (Å²) in [6.45, 7) is 0. The normalized spacial score (nSPS) is 10.8.